The normalized spacial score (nSPS) is 21.8. The van der Waals surface area contributed by atoms with E-state index in [1.807, 2.05) is 25.1 Å². The molecular weight excluding hydrogens is 240 g/mol. The monoisotopic (exact) mass is 260 g/mol. The van der Waals surface area contributed by atoms with E-state index in [4.69, 9.17) is 14.6 Å². The third-order valence-corrected chi connectivity index (χ3v) is 3.26. The molecular formula is C16H20O3. The van der Waals surface area contributed by atoms with Crippen molar-refractivity contribution < 1.29 is 14.6 Å². The molecule has 0 amide bonds. The van der Waals surface area contributed by atoms with Crippen molar-refractivity contribution in [3.8, 4) is 17.6 Å². The van der Waals surface area contributed by atoms with Crippen molar-refractivity contribution >= 4 is 0 Å². The molecule has 1 saturated heterocycles. The number of hydrogen-bond acceptors (Lipinski definition) is 3. The van der Waals surface area contributed by atoms with Gasteiger partial charge in [-0.2, -0.15) is 0 Å². The summed E-state index contributed by atoms with van der Waals surface area (Å²) in [4.78, 5) is 0. The quantitative estimate of drug-likeness (QED) is 0.847. The van der Waals surface area contributed by atoms with E-state index in [2.05, 4.69) is 18.8 Å². The summed E-state index contributed by atoms with van der Waals surface area (Å²) < 4.78 is 11.5. The summed E-state index contributed by atoms with van der Waals surface area (Å²) >= 11 is 0. The molecule has 1 aliphatic rings. The van der Waals surface area contributed by atoms with Gasteiger partial charge in [-0.15, -0.1) is 0 Å². The molecule has 3 nitrogen and oxygen atoms in total. The first-order valence-corrected chi connectivity index (χ1v) is 6.67. The minimum atomic E-state index is -0.116. The van der Waals surface area contributed by atoms with Gasteiger partial charge in [0, 0.05) is 5.56 Å². The molecule has 1 aromatic carbocycles. The fraction of sp³-hybridized carbons (Fsp3) is 0.500. The van der Waals surface area contributed by atoms with Crippen LogP contribution >= 0.6 is 0 Å². The lowest BCUT2D eigenvalue weighted by Gasteiger charge is -2.13. The van der Waals surface area contributed by atoms with E-state index in [0.717, 1.165) is 29.7 Å². The van der Waals surface area contributed by atoms with Gasteiger partial charge in [-0.05, 0) is 50.5 Å². The fourth-order valence-corrected chi connectivity index (χ4v) is 2.20. The molecule has 1 heterocycles. The Labute approximate surface area is 114 Å². The van der Waals surface area contributed by atoms with Crippen molar-refractivity contribution in [1.82, 2.24) is 0 Å². The first-order chi connectivity index (χ1) is 9.19. The first-order valence-electron chi connectivity index (χ1n) is 6.67. The van der Waals surface area contributed by atoms with E-state index in [0.29, 0.717) is 12.7 Å². The lowest BCUT2D eigenvalue weighted by atomic mass is 10.1. The highest BCUT2D eigenvalue weighted by Crippen LogP contribution is 2.21. The second-order valence-electron chi connectivity index (χ2n) is 4.89. The maximum Gasteiger partial charge on any atom is 0.119 e. The van der Waals surface area contributed by atoms with Gasteiger partial charge in [0.1, 0.15) is 19.0 Å². The van der Waals surface area contributed by atoms with Gasteiger partial charge in [-0.25, -0.2) is 0 Å². The van der Waals surface area contributed by atoms with E-state index in [-0.39, 0.29) is 12.7 Å². The van der Waals surface area contributed by atoms with E-state index in [9.17, 15) is 0 Å². The Morgan fingerprint density at radius 1 is 1.42 bits per heavy atom. The van der Waals surface area contributed by atoms with Gasteiger partial charge < -0.3 is 14.6 Å². The molecule has 2 atom stereocenters. The average Bonchev–Trinajstić information content (AvgIpc) is 2.81. The Kier molecular flexibility index (Phi) is 4.84. The maximum absolute atomic E-state index is 8.69. The molecule has 0 aliphatic carbocycles. The van der Waals surface area contributed by atoms with Crippen LogP contribution in [0.2, 0.25) is 0 Å². The van der Waals surface area contributed by atoms with Gasteiger partial charge in [0.25, 0.3) is 0 Å². The van der Waals surface area contributed by atoms with Crippen LogP contribution in [0.5, 0.6) is 5.75 Å². The molecule has 1 aromatic rings. The standard InChI is InChI=1S/C16H20O3/c1-12-10-15(8-6-14(12)4-3-9-17)18-11-16-7-5-13(2)19-16/h6,8,10,13,16-17H,5,7,9,11H2,1-2H3. The molecule has 1 fully saturated rings. The summed E-state index contributed by atoms with van der Waals surface area (Å²) in [5.74, 6) is 6.41. The molecule has 0 radical (unpaired) electrons. The van der Waals surface area contributed by atoms with Crippen LogP contribution < -0.4 is 4.74 Å². The third-order valence-electron chi connectivity index (χ3n) is 3.26. The number of ether oxygens (including phenoxy) is 2. The van der Waals surface area contributed by atoms with Gasteiger partial charge in [0.05, 0.1) is 12.2 Å². The van der Waals surface area contributed by atoms with E-state index < -0.39 is 0 Å². The molecule has 0 aromatic heterocycles. The van der Waals surface area contributed by atoms with Crippen molar-refractivity contribution in [2.75, 3.05) is 13.2 Å². The van der Waals surface area contributed by atoms with Gasteiger partial charge in [0.15, 0.2) is 0 Å². The minimum Gasteiger partial charge on any atom is -0.491 e. The summed E-state index contributed by atoms with van der Waals surface area (Å²) in [5, 5.41) is 8.69. The average molecular weight is 260 g/mol. The van der Waals surface area contributed by atoms with Gasteiger partial charge in [-0.3, -0.25) is 0 Å². The zero-order chi connectivity index (χ0) is 13.7. The van der Waals surface area contributed by atoms with Crippen molar-refractivity contribution in [3.05, 3.63) is 29.3 Å². The molecule has 1 aliphatic heterocycles. The molecule has 19 heavy (non-hydrogen) atoms. The number of benzene rings is 1. The number of aliphatic hydroxyl groups is 1. The number of hydrogen-bond donors (Lipinski definition) is 1. The Morgan fingerprint density at radius 3 is 2.89 bits per heavy atom. The summed E-state index contributed by atoms with van der Waals surface area (Å²) in [6, 6.07) is 5.80. The molecule has 102 valence electrons. The van der Waals surface area contributed by atoms with Crippen LogP contribution in [0.3, 0.4) is 0 Å². The van der Waals surface area contributed by atoms with Crippen molar-refractivity contribution in [1.29, 1.82) is 0 Å². The van der Waals surface area contributed by atoms with Crippen molar-refractivity contribution in [2.24, 2.45) is 0 Å². The number of aliphatic hydroxyl groups excluding tert-OH is 1. The van der Waals surface area contributed by atoms with E-state index >= 15 is 0 Å². The zero-order valence-electron chi connectivity index (χ0n) is 11.5. The van der Waals surface area contributed by atoms with Crippen molar-refractivity contribution in [2.45, 2.75) is 38.9 Å². The second kappa shape index (κ2) is 6.60. The van der Waals surface area contributed by atoms with Crippen LogP contribution in [0.25, 0.3) is 0 Å². The van der Waals surface area contributed by atoms with Crippen LogP contribution in [-0.4, -0.2) is 30.5 Å². The van der Waals surface area contributed by atoms with Crippen LogP contribution in [-0.2, 0) is 4.74 Å². The van der Waals surface area contributed by atoms with Crippen LogP contribution in [0.15, 0.2) is 18.2 Å². The topological polar surface area (TPSA) is 38.7 Å². The van der Waals surface area contributed by atoms with Crippen LogP contribution in [0.1, 0.15) is 30.9 Å². The molecule has 2 unspecified atom stereocenters. The highest BCUT2D eigenvalue weighted by Gasteiger charge is 2.22. The van der Waals surface area contributed by atoms with Crippen molar-refractivity contribution in [3.63, 3.8) is 0 Å². The van der Waals surface area contributed by atoms with E-state index in [1.54, 1.807) is 0 Å². The second-order valence-corrected chi connectivity index (χ2v) is 4.89. The fourth-order valence-electron chi connectivity index (χ4n) is 2.20. The van der Waals surface area contributed by atoms with Gasteiger partial charge in [0.2, 0.25) is 0 Å². The molecule has 2 rings (SSSR count). The van der Waals surface area contributed by atoms with E-state index in [1.165, 1.54) is 0 Å². The molecule has 0 bridgehead atoms. The Bertz CT molecular complexity index is 485. The third kappa shape index (κ3) is 3.99. The molecule has 0 spiro atoms. The Morgan fingerprint density at radius 2 is 2.26 bits per heavy atom. The highest BCUT2D eigenvalue weighted by atomic mass is 16.5. The van der Waals surface area contributed by atoms with Crippen LogP contribution in [0.4, 0.5) is 0 Å². The Balaban J connectivity index is 1.92. The number of aryl methyl sites for hydroxylation is 1. The predicted octanol–water partition coefficient (Wildman–Crippen LogP) is 2.29. The smallest absolute Gasteiger partial charge is 0.119 e. The Hall–Kier alpha value is -1.50. The SMILES string of the molecule is Cc1cc(OCC2CCC(C)O2)ccc1C#CCO. The molecule has 1 N–H and O–H groups in total. The summed E-state index contributed by atoms with van der Waals surface area (Å²) in [6.07, 6.45) is 2.75. The minimum absolute atomic E-state index is 0.116. The van der Waals surface area contributed by atoms with Gasteiger partial charge in [-0.1, -0.05) is 11.8 Å². The summed E-state index contributed by atoms with van der Waals surface area (Å²) in [5.41, 5.74) is 1.98. The summed E-state index contributed by atoms with van der Waals surface area (Å²) in [7, 11) is 0. The lowest BCUT2D eigenvalue weighted by molar-refractivity contribution is 0.0264. The predicted molar refractivity (Wildman–Crippen MR) is 74.2 cm³/mol. The molecule has 0 saturated carbocycles. The molecule has 3 heteroatoms. The van der Waals surface area contributed by atoms with Gasteiger partial charge >= 0.3 is 0 Å². The number of rotatable bonds is 3. The van der Waals surface area contributed by atoms with Crippen LogP contribution in [0, 0.1) is 18.8 Å². The summed E-state index contributed by atoms with van der Waals surface area (Å²) in [6.45, 7) is 4.57. The zero-order valence-corrected chi connectivity index (χ0v) is 11.5. The lowest BCUT2D eigenvalue weighted by Crippen LogP contribution is -2.17. The highest BCUT2D eigenvalue weighted by molar-refractivity contribution is 5.44. The maximum atomic E-state index is 8.69. The largest absolute Gasteiger partial charge is 0.491 e. The first kappa shape index (κ1) is 13.9.